The number of pyridine rings is 1. The second-order valence-electron chi connectivity index (χ2n) is 7.96. The van der Waals surface area contributed by atoms with E-state index in [0.717, 1.165) is 39.3 Å². The Morgan fingerprint density at radius 1 is 1.25 bits per heavy atom. The molecule has 8 heteroatoms. The molecule has 1 aromatic carbocycles. The van der Waals surface area contributed by atoms with Crippen LogP contribution in [-0.4, -0.2) is 68.1 Å². The van der Waals surface area contributed by atoms with Crippen molar-refractivity contribution >= 4 is 17.4 Å². The first-order chi connectivity index (χ1) is 15.6. The van der Waals surface area contributed by atoms with Crippen LogP contribution in [0.15, 0.2) is 54.4 Å². The number of rotatable bonds is 7. The zero-order chi connectivity index (χ0) is 22.5. The molecule has 1 N–H and O–H groups in total. The van der Waals surface area contributed by atoms with E-state index < -0.39 is 23.5 Å². The Hall–Kier alpha value is -3.23. The number of nitrogens with one attached hydrogen (secondary N) is 1. The van der Waals surface area contributed by atoms with Gasteiger partial charge in [0.1, 0.15) is 18.8 Å². The number of ether oxygens (including phenoxy) is 2. The highest BCUT2D eigenvalue weighted by Gasteiger charge is 2.44. The summed E-state index contributed by atoms with van der Waals surface area (Å²) < 4.78 is 10.6. The summed E-state index contributed by atoms with van der Waals surface area (Å²) in [6, 6.07) is 9.41. The van der Waals surface area contributed by atoms with Crippen LogP contribution in [0, 0.1) is 0 Å². The third-order valence-corrected chi connectivity index (χ3v) is 5.99. The molecule has 32 heavy (non-hydrogen) atoms. The van der Waals surface area contributed by atoms with E-state index in [-0.39, 0.29) is 5.57 Å². The predicted molar refractivity (Wildman–Crippen MR) is 115 cm³/mol. The number of hydrogen-bond acceptors (Lipinski definition) is 6. The normalized spacial score (nSPS) is 21.2. The number of morpholine rings is 1. The molecule has 0 aliphatic carbocycles. The molecule has 3 heterocycles. The van der Waals surface area contributed by atoms with Crippen molar-refractivity contribution in [1.82, 2.24) is 9.88 Å². The van der Waals surface area contributed by atoms with Crippen LogP contribution >= 0.6 is 0 Å². The Morgan fingerprint density at radius 2 is 2.06 bits per heavy atom. The summed E-state index contributed by atoms with van der Waals surface area (Å²) in [4.78, 5) is 33.1. The first-order valence-electron chi connectivity index (χ1n) is 10.8. The number of likely N-dealkylation sites (tertiary alicyclic amines) is 1. The summed E-state index contributed by atoms with van der Waals surface area (Å²) in [6.45, 7) is 4.61. The number of aromatic nitrogens is 1. The van der Waals surface area contributed by atoms with E-state index in [1.165, 1.54) is 16.9 Å². The van der Waals surface area contributed by atoms with Gasteiger partial charge in [-0.1, -0.05) is 24.0 Å². The van der Waals surface area contributed by atoms with Crippen molar-refractivity contribution in [2.24, 2.45) is 0 Å². The van der Waals surface area contributed by atoms with Crippen LogP contribution in [0.3, 0.4) is 0 Å². The van der Waals surface area contributed by atoms with Gasteiger partial charge in [-0.3, -0.25) is 14.6 Å². The second-order valence-corrected chi connectivity index (χ2v) is 7.96. The lowest BCUT2D eigenvalue weighted by Gasteiger charge is -2.28. The van der Waals surface area contributed by atoms with Gasteiger partial charge >= 0.3 is 0 Å². The Kier molecular flexibility index (Phi) is 6.82. The van der Waals surface area contributed by atoms with Crippen molar-refractivity contribution in [2.45, 2.75) is 12.5 Å². The lowest BCUT2D eigenvalue weighted by Crippen LogP contribution is -3.14. The van der Waals surface area contributed by atoms with Gasteiger partial charge in [-0.2, -0.15) is 0 Å². The van der Waals surface area contributed by atoms with Crippen LogP contribution in [0.4, 0.5) is 0 Å². The minimum atomic E-state index is -0.748. The summed E-state index contributed by atoms with van der Waals surface area (Å²) in [6.07, 6.45) is 3.96. The first-order valence-corrected chi connectivity index (χ1v) is 10.8. The van der Waals surface area contributed by atoms with Gasteiger partial charge in [0.25, 0.3) is 5.91 Å². The third-order valence-electron chi connectivity index (χ3n) is 5.99. The number of amides is 1. The number of Topliss-reactive ketones (excluding diaryl/α,β-unsaturated/α-hetero) is 1. The van der Waals surface area contributed by atoms with E-state index in [4.69, 9.17) is 9.47 Å². The summed E-state index contributed by atoms with van der Waals surface area (Å²) >= 11 is 0. The number of quaternary nitrogens is 1. The quantitative estimate of drug-likeness (QED) is 0.360. The molecule has 1 amide bonds. The summed E-state index contributed by atoms with van der Waals surface area (Å²) in [5.74, 6) is -1.33. The van der Waals surface area contributed by atoms with Crippen LogP contribution in [0.25, 0.3) is 5.76 Å². The number of carbonyl (C=O) groups excluding carboxylic acids is 2. The Labute approximate surface area is 187 Å². The zero-order valence-electron chi connectivity index (χ0n) is 18.1. The zero-order valence-corrected chi connectivity index (χ0v) is 18.1. The van der Waals surface area contributed by atoms with Gasteiger partial charge in [-0.15, -0.1) is 0 Å². The lowest BCUT2D eigenvalue weighted by atomic mass is 9.96. The number of nitrogens with zero attached hydrogens (tertiary/aromatic N) is 2. The average Bonchev–Trinajstić information content (AvgIpc) is 3.10. The van der Waals surface area contributed by atoms with E-state index in [1.54, 1.807) is 48.8 Å². The van der Waals surface area contributed by atoms with E-state index in [0.29, 0.717) is 23.4 Å². The van der Waals surface area contributed by atoms with Crippen LogP contribution < -0.4 is 14.7 Å². The summed E-state index contributed by atoms with van der Waals surface area (Å²) in [7, 11) is 1.51. The van der Waals surface area contributed by atoms with Crippen LogP contribution in [0.1, 0.15) is 23.6 Å². The number of carbonyl (C=O) groups is 2. The molecular weight excluding hydrogens is 410 g/mol. The van der Waals surface area contributed by atoms with Gasteiger partial charge in [0, 0.05) is 30.9 Å². The Morgan fingerprint density at radius 3 is 2.78 bits per heavy atom. The fourth-order valence-electron chi connectivity index (χ4n) is 4.31. The number of methoxy groups -OCH3 is 1. The third kappa shape index (κ3) is 4.51. The molecule has 1 aromatic heterocycles. The van der Waals surface area contributed by atoms with E-state index in [9.17, 15) is 14.7 Å². The van der Waals surface area contributed by atoms with Crippen molar-refractivity contribution in [1.29, 1.82) is 0 Å². The Bertz CT molecular complexity index is 1000. The molecule has 168 valence electrons. The van der Waals surface area contributed by atoms with E-state index in [1.807, 2.05) is 0 Å². The van der Waals surface area contributed by atoms with E-state index >= 15 is 0 Å². The Balaban J connectivity index is 1.65. The average molecular weight is 437 g/mol. The fourth-order valence-corrected chi connectivity index (χ4v) is 4.31. The van der Waals surface area contributed by atoms with Crippen molar-refractivity contribution in [3.63, 3.8) is 0 Å². The molecule has 0 bridgehead atoms. The highest BCUT2D eigenvalue weighted by molar-refractivity contribution is 6.46. The maximum Gasteiger partial charge on any atom is 0.295 e. The van der Waals surface area contributed by atoms with Crippen LogP contribution in [0.2, 0.25) is 0 Å². The SMILES string of the molecule is COc1cccc(/C([O-])=C2\C(=O)C(=O)N(CCC[NH+]3CCOCC3)C2c2cccnc2)c1. The highest BCUT2D eigenvalue weighted by atomic mass is 16.5. The van der Waals surface area contributed by atoms with Gasteiger partial charge in [0.15, 0.2) is 0 Å². The van der Waals surface area contributed by atoms with Gasteiger partial charge < -0.3 is 24.4 Å². The number of hydrogen-bond donors (Lipinski definition) is 1. The maximum atomic E-state index is 13.4. The molecule has 4 rings (SSSR count). The second kappa shape index (κ2) is 9.93. The topological polar surface area (TPSA) is 96.2 Å². The summed E-state index contributed by atoms with van der Waals surface area (Å²) in [5.41, 5.74) is 0.931. The molecule has 2 fully saturated rings. The van der Waals surface area contributed by atoms with Crippen molar-refractivity contribution in [3.8, 4) is 5.75 Å². The molecule has 2 aliphatic rings. The largest absolute Gasteiger partial charge is 0.872 e. The first kappa shape index (κ1) is 22.0. The monoisotopic (exact) mass is 437 g/mol. The fraction of sp³-hybridized carbons (Fsp3) is 0.375. The van der Waals surface area contributed by atoms with Crippen LogP contribution in [0.5, 0.6) is 5.75 Å². The minimum absolute atomic E-state index is 0.0324. The molecule has 1 atom stereocenters. The highest BCUT2D eigenvalue weighted by Crippen LogP contribution is 2.38. The molecule has 0 spiro atoms. The molecule has 2 aromatic rings. The minimum Gasteiger partial charge on any atom is -0.872 e. The molecule has 0 radical (unpaired) electrons. The molecule has 2 aliphatic heterocycles. The number of ketones is 1. The van der Waals surface area contributed by atoms with Crippen molar-refractivity contribution in [3.05, 3.63) is 65.5 Å². The van der Waals surface area contributed by atoms with Gasteiger partial charge in [0.05, 0.1) is 32.9 Å². The molecule has 8 nitrogen and oxygen atoms in total. The number of benzene rings is 1. The van der Waals surface area contributed by atoms with Gasteiger partial charge in [-0.25, -0.2) is 0 Å². The van der Waals surface area contributed by atoms with Crippen molar-refractivity contribution in [2.75, 3.05) is 46.5 Å². The molecular formula is C24H27N3O5. The molecule has 0 saturated carbocycles. The van der Waals surface area contributed by atoms with Crippen molar-refractivity contribution < 1.29 is 29.1 Å². The van der Waals surface area contributed by atoms with Gasteiger partial charge in [0.2, 0.25) is 5.78 Å². The van der Waals surface area contributed by atoms with E-state index in [2.05, 4.69) is 4.98 Å². The standard InChI is InChI=1S/C24H27N3O5/c1-31-19-7-2-5-17(15-19)22(28)20-21(18-6-3-8-25-16-18)27(24(30)23(20)29)10-4-9-26-11-13-32-14-12-26/h2-3,5-8,15-16,21,28H,4,9-14H2,1H3/b22-20+. The van der Waals surface area contributed by atoms with Gasteiger partial charge in [-0.05, 0) is 29.3 Å². The lowest BCUT2D eigenvalue weighted by molar-refractivity contribution is -0.908. The molecule has 2 saturated heterocycles. The maximum absolute atomic E-state index is 13.4. The van der Waals surface area contributed by atoms with Crippen LogP contribution in [-0.2, 0) is 14.3 Å². The molecule has 1 unspecified atom stereocenters. The predicted octanol–water partition coefficient (Wildman–Crippen LogP) is -0.381. The smallest absolute Gasteiger partial charge is 0.295 e. The summed E-state index contributed by atoms with van der Waals surface area (Å²) in [5, 5.41) is 13.4.